The summed E-state index contributed by atoms with van der Waals surface area (Å²) >= 11 is 0. The molecule has 2 aliphatic heterocycles. The number of rotatable bonds is 2. The van der Waals surface area contributed by atoms with Crippen LogP contribution in [-0.2, 0) is 11.2 Å². The number of nitrogens with zero attached hydrogens (tertiary/aromatic N) is 2. The lowest BCUT2D eigenvalue weighted by Crippen LogP contribution is -2.45. The zero-order valence-electron chi connectivity index (χ0n) is 15.6. The Kier molecular flexibility index (Phi) is 4.45. The van der Waals surface area contributed by atoms with Crippen LogP contribution in [0, 0.1) is 5.41 Å². The van der Waals surface area contributed by atoms with E-state index in [4.69, 9.17) is 4.74 Å². The Bertz CT molecular complexity index is 809. The molecule has 2 aromatic carbocycles. The van der Waals surface area contributed by atoms with Gasteiger partial charge in [-0.25, -0.2) is 0 Å². The van der Waals surface area contributed by atoms with Crippen molar-refractivity contribution in [3.63, 3.8) is 0 Å². The zero-order valence-corrected chi connectivity index (χ0v) is 15.6. The van der Waals surface area contributed by atoms with E-state index >= 15 is 0 Å². The van der Waals surface area contributed by atoms with Crippen LogP contribution in [0.15, 0.2) is 48.5 Å². The van der Waals surface area contributed by atoms with Crippen molar-refractivity contribution in [1.82, 2.24) is 0 Å². The van der Waals surface area contributed by atoms with Crippen LogP contribution in [0.3, 0.4) is 0 Å². The lowest BCUT2D eigenvalue weighted by molar-refractivity contribution is 0.0970. The summed E-state index contributed by atoms with van der Waals surface area (Å²) in [6.45, 7) is 8.28. The summed E-state index contributed by atoms with van der Waals surface area (Å²) in [5.74, 6) is 0.0901. The van der Waals surface area contributed by atoms with Crippen LogP contribution in [0.2, 0.25) is 0 Å². The lowest BCUT2D eigenvalue weighted by Gasteiger charge is -2.40. The number of hydrogen-bond acceptors (Lipinski definition) is 3. The van der Waals surface area contributed by atoms with Crippen LogP contribution in [0.25, 0.3) is 0 Å². The van der Waals surface area contributed by atoms with Crippen LogP contribution in [0.4, 0.5) is 11.4 Å². The van der Waals surface area contributed by atoms with Crippen molar-refractivity contribution in [2.75, 3.05) is 42.6 Å². The van der Waals surface area contributed by atoms with Gasteiger partial charge in [0.1, 0.15) is 0 Å². The second kappa shape index (κ2) is 6.76. The third-order valence-electron chi connectivity index (χ3n) is 5.27. The molecule has 4 heteroatoms. The minimum atomic E-state index is 0.0674. The SMILES string of the molecule is CC1(C)Cc2ccccc2N(C(=O)c2ccccc2N2CCOCC2)C1. The second-order valence-electron chi connectivity index (χ2n) is 7.98. The molecule has 1 amide bonds. The Morgan fingerprint density at radius 2 is 1.62 bits per heavy atom. The average Bonchev–Trinajstić information content (AvgIpc) is 2.67. The molecule has 0 aliphatic carbocycles. The van der Waals surface area contributed by atoms with E-state index in [0.717, 1.165) is 43.0 Å². The van der Waals surface area contributed by atoms with Gasteiger partial charge in [-0.2, -0.15) is 0 Å². The van der Waals surface area contributed by atoms with Gasteiger partial charge >= 0.3 is 0 Å². The molecule has 0 aromatic heterocycles. The fraction of sp³-hybridized carbons (Fsp3) is 0.409. The lowest BCUT2D eigenvalue weighted by atomic mass is 9.81. The molecule has 4 nitrogen and oxygen atoms in total. The quantitative estimate of drug-likeness (QED) is 0.827. The molecule has 0 spiro atoms. The Morgan fingerprint density at radius 1 is 0.962 bits per heavy atom. The number of carbonyl (C=O) groups excluding carboxylic acids is 1. The molecule has 2 heterocycles. The van der Waals surface area contributed by atoms with Crippen molar-refractivity contribution in [3.05, 3.63) is 59.7 Å². The number of carbonyl (C=O) groups is 1. The highest BCUT2D eigenvalue weighted by atomic mass is 16.5. The molecule has 0 unspecified atom stereocenters. The van der Waals surface area contributed by atoms with Crippen LogP contribution in [-0.4, -0.2) is 38.8 Å². The third kappa shape index (κ3) is 3.21. The maximum absolute atomic E-state index is 13.6. The highest BCUT2D eigenvalue weighted by Crippen LogP contribution is 2.37. The number of anilines is 2. The maximum Gasteiger partial charge on any atom is 0.260 e. The summed E-state index contributed by atoms with van der Waals surface area (Å²) in [5, 5.41) is 0. The molecule has 2 aromatic rings. The van der Waals surface area contributed by atoms with Gasteiger partial charge in [-0.15, -0.1) is 0 Å². The number of para-hydroxylation sites is 2. The zero-order chi connectivity index (χ0) is 18.1. The van der Waals surface area contributed by atoms with Crippen molar-refractivity contribution in [2.24, 2.45) is 5.41 Å². The van der Waals surface area contributed by atoms with Crippen molar-refractivity contribution in [1.29, 1.82) is 0 Å². The van der Waals surface area contributed by atoms with E-state index in [2.05, 4.69) is 43.0 Å². The van der Waals surface area contributed by atoms with Crippen molar-refractivity contribution >= 4 is 17.3 Å². The number of benzene rings is 2. The number of amides is 1. The largest absolute Gasteiger partial charge is 0.378 e. The molecule has 1 fully saturated rings. The Hall–Kier alpha value is -2.33. The Labute approximate surface area is 155 Å². The Balaban J connectivity index is 1.72. The first-order chi connectivity index (χ1) is 12.6. The molecular weight excluding hydrogens is 324 g/mol. The van der Waals surface area contributed by atoms with Crippen LogP contribution >= 0.6 is 0 Å². The monoisotopic (exact) mass is 350 g/mol. The van der Waals surface area contributed by atoms with Gasteiger partial charge in [0, 0.05) is 31.0 Å². The predicted molar refractivity (Wildman–Crippen MR) is 105 cm³/mol. The van der Waals surface area contributed by atoms with Gasteiger partial charge in [0.2, 0.25) is 0 Å². The van der Waals surface area contributed by atoms with Gasteiger partial charge in [-0.3, -0.25) is 4.79 Å². The molecule has 2 aliphatic rings. The first-order valence-electron chi connectivity index (χ1n) is 9.37. The molecule has 4 rings (SSSR count). The van der Waals surface area contributed by atoms with E-state index in [1.54, 1.807) is 0 Å². The standard InChI is InChI=1S/C22H26N2O2/c1-22(2)15-17-7-3-5-9-19(17)24(16-22)21(25)18-8-4-6-10-20(18)23-11-13-26-14-12-23/h3-10H,11-16H2,1-2H3. The summed E-state index contributed by atoms with van der Waals surface area (Å²) in [5.41, 5.74) is 4.16. The van der Waals surface area contributed by atoms with E-state index in [-0.39, 0.29) is 11.3 Å². The molecule has 0 atom stereocenters. The van der Waals surface area contributed by atoms with Crippen molar-refractivity contribution < 1.29 is 9.53 Å². The molecule has 0 bridgehead atoms. The second-order valence-corrected chi connectivity index (χ2v) is 7.98. The topological polar surface area (TPSA) is 32.8 Å². The number of hydrogen-bond donors (Lipinski definition) is 0. The fourth-order valence-electron chi connectivity index (χ4n) is 4.07. The first kappa shape index (κ1) is 17.1. The highest BCUT2D eigenvalue weighted by Gasteiger charge is 2.34. The molecule has 0 N–H and O–H groups in total. The summed E-state index contributed by atoms with van der Waals surface area (Å²) in [6.07, 6.45) is 0.998. The van der Waals surface area contributed by atoms with Crippen LogP contribution < -0.4 is 9.80 Å². The summed E-state index contributed by atoms with van der Waals surface area (Å²) in [6, 6.07) is 16.3. The van der Waals surface area contributed by atoms with Gasteiger partial charge in [-0.1, -0.05) is 44.2 Å². The Morgan fingerprint density at radius 3 is 2.38 bits per heavy atom. The van der Waals surface area contributed by atoms with Crippen LogP contribution in [0.1, 0.15) is 29.8 Å². The molecule has 0 radical (unpaired) electrons. The first-order valence-corrected chi connectivity index (χ1v) is 9.37. The molecular formula is C22H26N2O2. The van der Waals surface area contributed by atoms with E-state index in [0.29, 0.717) is 13.2 Å². The van der Waals surface area contributed by atoms with Gasteiger partial charge in [0.25, 0.3) is 5.91 Å². The molecule has 0 saturated carbocycles. The van der Waals surface area contributed by atoms with E-state index in [9.17, 15) is 4.79 Å². The van der Waals surface area contributed by atoms with Crippen molar-refractivity contribution in [2.45, 2.75) is 20.3 Å². The van der Waals surface area contributed by atoms with Gasteiger partial charge in [-0.05, 0) is 35.6 Å². The van der Waals surface area contributed by atoms with Crippen molar-refractivity contribution in [3.8, 4) is 0 Å². The number of ether oxygens (including phenoxy) is 1. The van der Waals surface area contributed by atoms with E-state index < -0.39 is 0 Å². The smallest absolute Gasteiger partial charge is 0.260 e. The molecule has 136 valence electrons. The summed E-state index contributed by atoms with van der Waals surface area (Å²) in [7, 11) is 0. The predicted octanol–water partition coefficient (Wildman–Crippen LogP) is 3.75. The molecule has 26 heavy (non-hydrogen) atoms. The third-order valence-corrected chi connectivity index (χ3v) is 5.27. The number of fused-ring (bicyclic) bond motifs is 1. The molecule has 1 saturated heterocycles. The summed E-state index contributed by atoms with van der Waals surface area (Å²) < 4.78 is 5.47. The fourth-order valence-corrected chi connectivity index (χ4v) is 4.07. The van der Waals surface area contributed by atoms with Gasteiger partial charge in [0.15, 0.2) is 0 Å². The van der Waals surface area contributed by atoms with Crippen LogP contribution in [0.5, 0.6) is 0 Å². The van der Waals surface area contributed by atoms with Gasteiger partial charge in [0.05, 0.1) is 18.8 Å². The minimum absolute atomic E-state index is 0.0674. The summed E-state index contributed by atoms with van der Waals surface area (Å²) in [4.78, 5) is 17.8. The minimum Gasteiger partial charge on any atom is -0.378 e. The number of morpholine rings is 1. The normalized spacial score (nSPS) is 19.2. The maximum atomic E-state index is 13.6. The van der Waals surface area contributed by atoms with E-state index in [1.807, 2.05) is 29.2 Å². The van der Waals surface area contributed by atoms with E-state index in [1.165, 1.54) is 5.56 Å². The van der Waals surface area contributed by atoms with Gasteiger partial charge < -0.3 is 14.5 Å². The average molecular weight is 350 g/mol. The highest BCUT2D eigenvalue weighted by molar-refractivity contribution is 6.10.